The van der Waals surface area contributed by atoms with Crippen LogP contribution in [0, 0.1) is 0 Å². The highest BCUT2D eigenvalue weighted by molar-refractivity contribution is 5.91. The molecule has 1 aliphatic heterocycles. The number of hydrogen-bond acceptors (Lipinski definition) is 4. The molecule has 7 heteroatoms. The standard InChI is InChI=1S/C19H23N5O2/c1-15(25)21-17-2-4-18(5-3-17)22-19(26)24-12-10-23(11-13-24)14-16-6-8-20-9-7-16/h2-9H,10-14H2,1H3,(H,21,25)(H,22,26). The fourth-order valence-corrected chi connectivity index (χ4v) is 2.90. The Morgan fingerprint density at radius 1 is 0.923 bits per heavy atom. The maximum absolute atomic E-state index is 12.4. The van der Waals surface area contributed by atoms with E-state index in [1.807, 2.05) is 17.0 Å². The second kappa shape index (κ2) is 8.44. The second-order valence-electron chi connectivity index (χ2n) is 6.31. The molecule has 2 aromatic rings. The summed E-state index contributed by atoms with van der Waals surface area (Å²) in [5.41, 5.74) is 2.65. The number of aromatic nitrogens is 1. The van der Waals surface area contributed by atoms with Crippen molar-refractivity contribution in [2.45, 2.75) is 13.5 Å². The number of rotatable bonds is 4. The third kappa shape index (κ3) is 5.03. The van der Waals surface area contributed by atoms with Gasteiger partial charge in [-0.15, -0.1) is 0 Å². The predicted molar refractivity (Wildman–Crippen MR) is 101 cm³/mol. The molecule has 0 bridgehead atoms. The molecule has 1 saturated heterocycles. The number of nitrogens with zero attached hydrogens (tertiary/aromatic N) is 3. The van der Waals surface area contributed by atoms with Crippen molar-refractivity contribution in [2.75, 3.05) is 36.8 Å². The van der Waals surface area contributed by atoms with Gasteiger partial charge in [0.05, 0.1) is 0 Å². The summed E-state index contributed by atoms with van der Waals surface area (Å²) in [5, 5.41) is 5.61. The molecule has 1 fully saturated rings. The molecule has 136 valence electrons. The van der Waals surface area contributed by atoms with Crippen molar-refractivity contribution in [3.63, 3.8) is 0 Å². The molecule has 3 rings (SSSR count). The van der Waals surface area contributed by atoms with Gasteiger partial charge in [0, 0.05) is 63.4 Å². The lowest BCUT2D eigenvalue weighted by Gasteiger charge is -2.34. The van der Waals surface area contributed by atoms with Gasteiger partial charge in [0.1, 0.15) is 0 Å². The minimum absolute atomic E-state index is 0.0964. The van der Waals surface area contributed by atoms with Crippen molar-refractivity contribution < 1.29 is 9.59 Å². The van der Waals surface area contributed by atoms with Crippen molar-refractivity contribution in [3.05, 3.63) is 54.4 Å². The smallest absolute Gasteiger partial charge is 0.321 e. The number of hydrogen-bond donors (Lipinski definition) is 2. The lowest BCUT2D eigenvalue weighted by atomic mass is 10.2. The van der Waals surface area contributed by atoms with Crippen LogP contribution in [-0.2, 0) is 11.3 Å². The second-order valence-corrected chi connectivity index (χ2v) is 6.31. The largest absolute Gasteiger partial charge is 0.326 e. The van der Waals surface area contributed by atoms with Crippen molar-refractivity contribution in [3.8, 4) is 0 Å². The monoisotopic (exact) mass is 353 g/mol. The topological polar surface area (TPSA) is 77.6 Å². The van der Waals surface area contributed by atoms with Crippen LogP contribution in [0.15, 0.2) is 48.8 Å². The van der Waals surface area contributed by atoms with Gasteiger partial charge in [-0.25, -0.2) is 4.79 Å². The minimum Gasteiger partial charge on any atom is -0.326 e. The molecule has 0 unspecified atom stereocenters. The number of nitrogens with one attached hydrogen (secondary N) is 2. The summed E-state index contributed by atoms with van der Waals surface area (Å²) >= 11 is 0. The highest BCUT2D eigenvalue weighted by atomic mass is 16.2. The number of amides is 3. The molecule has 3 amide bonds. The molecule has 0 aliphatic carbocycles. The summed E-state index contributed by atoms with van der Waals surface area (Å²) in [7, 11) is 0. The zero-order valence-electron chi connectivity index (χ0n) is 14.8. The fraction of sp³-hybridized carbons (Fsp3) is 0.316. The third-order valence-corrected chi connectivity index (χ3v) is 4.27. The third-order valence-electron chi connectivity index (χ3n) is 4.27. The number of benzene rings is 1. The lowest BCUT2D eigenvalue weighted by molar-refractivity contribution is -0.114. The van der Waals surface area contributed by atoms with Crippen molar-refractivity contribution in [1.29, 1.82) is 0 Å². The molecule has 2 heterocycles. The van der Waals surface area contributed by atoms with Gasteiger partial charge in [0.15, 0.2) is 0 Å². The first-order valence-electron chi connectivity index (χ1n) is 8.65. The Morgan fingerprint density at radius 2 is 1.50 bits per heavy atom. The summed E-state index contributed by atoms with van der Waals surface area (Å²) in [6.07, 6.45) is 3.60. The summed E-state index contributed by atoms with van der Waals surface area (Å²) in [5.74, 6) is -0.119. The van der Waals surface area contributed by atoms with Crippen molar-refractivity contribution in [1.82, 2.24) is 14.8 Å². The maximum Gasteiger partial charge on any atom is 0.321 e. The summed E-state index contributed by atoms with van der Waals surface area (Å²) in [6.45, 7) is 5.42. The first-order chi connectivity index (χ1) is 12.6. The molecule has 0 radical (unpaired) electrons. The molecule has 0 atom stereocenters. The Kier molecular flexibility index (Phi) is 5.80. The van der Waals surface area contributed by atoms with E-state index in [9.17, 15) is 9.59 Å². The van der Waals surface area contributed by atoms with E-state index in [2.05, 4.69) is 20.5 Å². The van der Waals surface area contributed by atoms with E-state index in [1.54, 1.807) is 36.7 Å². The Morgan fingerprint density at radius 3 is 2.08 bits per heavy atom. The minimum atomic E-state index is -0.119. The quantitative estimate of drug-likeness (QED) is 0.885. The summed E-state index contributed by atoms with van der Waals surface area (Å²) in [4.78, 5) is 31.6. The van der Waals surface area contributed by atoms with Crippen LogP contribution in [0.25, 0.3) is 0 Å². The molecular formula is C19H23N5O2. The molecule has 2 N–H and O–H groups in total. The van der Waals surface area contributed by atoms with Crippen LogP contribution in [0.4, 0.5) is 16.2 Å². The van der Waals surface area contributed by atoms with E-state index < -0.39 is 0 Å². The first-order valence-corrected chi connectivity index (χ1v) is 8.65. The molecule has 1 aromatic heterocycles. The molecule has 26 heavy (non-hydrogen) atoms. The van der Waals surface area contributed by atoms with Gasteiger partial charge in [-0.1, -0.05) is 0 Å². The zero-order valence-corrected chi connectivity index (χ0v) is 14.8. The molecule has 1 aromatic carbocycles. The van der Waals surface area contributed by atoms with E-state index in [0.29, 0.717) is 24.5 Å². The number of urea groups is 1. The zero-order chi connectivity index (χ0) is 18.4. The van der Waals surface area contributed by atoms with Crippen LogP contribution in [0.2, 0.25) is 0 Å². The molecule has 0 saturated carbocycles. The number of carbonyl (C=O) groups excluding carboxylic acids is 2. The highest BCUT2D eigenvalue weighted by Gasteiger charge is 2.21. The average Bonchev–Trinajstić information content (AvgIpc) is 2.64. The van der Waals surface area contributed by atoms with Crippen LogP contribution in [0.3, 0.4) is 0 Å². The van der Waals surface area contributed by atoms with Gasteiger partial charge in [-0.2, -0.15) is 0 Å². The van der Waals surface area contributed by atoms with Crippen LogP contribution in [-0.4, -0.2) is 52.9 Å². The van der Waals surface area contributed by atoms with Crippen LogP contribution in [0.5, 0.6) is 0 Å². The van der Waals surface area contributed by atoms with Gasteiger partial charge < -0.3 is 15.5 Å². The van der Waals surface area contributed by atoms with E-state index in [1.165, 1.54) is 12.5 Å². The number of carbonyl (C=O) groups is 2. The Hall–Kier alpha value is -2.93. The van der Waals surface area contributed by atoms with Crippen molar-refractivity contribution in [2.24, 2.45) is 0 Å². The Bertz CT molecular complexity index is 740. The highest BCUT2D eigenvalue weighted by Crippen LogP contribution is 2.15. The van der Waals surface area contributed by atoms with E-state index in [4.69, 9.17) is 0 Å². The average molecular weight is 353 g/mol. The molecule has 0 spiro atoms. The first kappa shape index (κ1) is 17.9. The van der Waals surface area contributed by atoms with Crippen LogP contribution in [0.1, 0.15) is 12.5 Å². The van der Waals surface area contributed by atoms with Gasteiger partial charge in [0.2, 0.25) is 5.91 Å². The van der Waals surface area contributed by atoms with Gasteiger partial charge in [0.25, 0.3) is 0 Å². The predicted octanol–water partition coefficient (Wildman–Crippen LogP) is 2.39. The molecular weight excluding hydrogens is 330 g/mol. The Balaban J connectivity index is 1.47. The maximum atomic E-state index is 12.4. The number of pyridine rings is 1. The van der Waals surface area contributed by atoms with E-state index in [0.717, 1.165) is 19.6 Å². The van der Waals surface area contributed by atoms with Crippen LogP contribution < -0.4 is 10.6 Å². The number of anilines is 2. The Labute approximate surface area is 153 Å². The summed E-state index contributed by atoms with van der Waals surface area (Å²) in [6, 6.07) is 11.0. The van der Waals surface area contributed by atoms with Gasteiger partial charge >= 0.3 is 6.03 Å². The SMILES string of the molecule is CC(=O)Nc1ccc(NC(=O)N2CCN(Cc3ccncc3)CC2)cc1. The van der Waals surface area contributed by atoms with E-state index >= 15 is 0 Å². The number of piperazine rings is 1. The normalized spacial score (nSPS) is 14.7. The lowest BCUT2D eigenvalue weighted by Crippen LogP contribution is -2.49. The summed E-state index contributed by atoms with van der Waals surface area (Å²) < 4.78 is 0. The van der Waals surface area contributed by atoms with E-state index in [-0.39, 0.29) is 11.9 Å². The van der Waals surface area contributed by atoms with Crippen molar-refractivity contribution >= 4 is 23.3 Å². The molecule has 7 nitrogen and oxygen atoms in total. The van der Waals surface area contributed by atoms with Gasteiger partial charge in [-0.05, 0) is 42.0 Å². The van der Waals surface area contributed by atoms with Gasteiger partial charge in [-0.3, -0.25) is 14.7 Å². The van der Waals surface area contributed by atoms with Crippen LogP contribution >= 0.6 is 0 Å². The fourth-order valence-electron chi connectivity index (χ4n) is 2.90. The molecule has 1 aliphatic rings.